The first-order valence-electron chi connectivity index (χ1n) is 5.03. The topological polar surface area (TPSA) is 76.1 Å². The van der Waals surface area contributed by atoms with Gasteiger partial charge in [0.15, 0.2) is 12.4 Å². The van der Waals surface area contributed by atoms with Crippen LogP contribution < -0.4 is 10.5 Å². The third kappa shape index (κ3) is 2.51. The van der Waals surface area contributed by atoms with Crippen molar-refractivity contribution < 1.29 is 9.53 Å². The van der Waals surface area contributed by atoms with E-state index >= 15 is 0 Å². The van der Waals surface area contributed by atoms with E-state index in [0.717, 1.165) is 5.56 Å². The first-order valence-corrected chi connectivity index (χ1v) is 5.03. The Hall–Kier alpha value is -2.02. The van der Waals surface area contributed by atoms with Crippen molar-refractivity contribution >= 4 is 11.5 Å². The maximum Gasteiger partial charge on any atom is 0.174 e. The van der Waals surface area contributed by atoms with E-state index in [2.05, 4.69) is 0 Å². The summed E-state index contributed by atoms with van der Waals surface area (Å²) >= 11 is 0. The monoisotopic (exact) mass is 218 g/mol. The SMILES string of the molecule is CCC(=O)c1cc(N)cc(C)c1OCC#N. The third-order valence-corrected chi connectivity index (χ3v) is 2.20. The molecule has 0 unspecified atom stereocenters. The predicted octanol–water partition coefficient (Wildman–Crippen LogP) is 2.07. The number of nitrogen functional groups attached to an aromatic ring is 1. The number of hydrogen-bond donors (Lipinski definition) is 1. The van der Waals surface area contributed by atoms with Crippen LogP contribution in [0.4, 0.5) is 5.69 Å². The normalized spacial score (nSPS) is 9.56. The van der Waals surface area contributed by atoms with E-state index in [-0.39, 0.29) is 12.4 Å². The number of Topliss-reactive ketones (excluding diaryl/α,β-unsaturated/α-hetero) is 1. The van der Waals surface area contributed by atoms with Crippen LogP contribution >= 0.6 is 0 Å². The number of nitrogens with zero attached hydrogens (tertiary/aromatic N) is 1. The second kappa shape index (κ2) is 5.17. The fraction of sp³-hybridized carbons (Fsp3) is 0.333. The molecule has 0 aromatic heterocycles. The summed E-state index contributed by atoms with van der Waals surface area (Å²) in [5.41, 5.74) is 7.43. The average molecular weight is 218 g/mol. The van der Waals surface area contributed by atoms with Crippen molar-refractivity contribution in [1.29, 1.82) is 5.26 Å². The molecule has 1 aromatic carbocycles. The van der Waals surface area contributed by atoms with Crippen LogP contribution in [-0.2, 0) is 0 Å². The number of nitriles is 1. The maximum atomic E-state index is 11.7. The number of rotatable bonds is 4. The van der Waals surface area contributed by atoms with Crippen LogP contribution in [0.1, 0.15) is 29.3 Å². The Morgan fingerprint density at radius 2 is 2.25 bits per heavy atom. The number of carbonyl (C=O) groups is 1. The second-order valence-corrected chi connectivity index (χ2v) is 3.44. The Bertz CT molecular complexity index is 447. The van der Waals surface area contributed by atoms with E-state index < -0.39 is 0 Å². The lowest BCUT2D eigenvalue weighted by Crippen LogP contribution is -2.06. The second-order valence-electron chi connectivity index (χ2n) is 3.44. The number of aryl methyl sites for hydroxylation is 1. The summed E-state index contributed by atoms with van der Waals surface area (Å²) in [6.45, 7) is 3.50. The van der Waals surface area contributed by atoms with Crippen molar-refractivity contribution in [3.63, 3.8) is 0 Å². The van der Waals surface area contributed by atoms with Crippen molar-refractivity contribution in [2.75, 3.05) is 12.3 Å². The van der Waals surface area contributed by atoms with Crippen molar-refractivity contribution in [3.05, 3.63) is 23.3 Å². The molecular formula is C12H14N2O2. The fourth-order valence-electron chi connectivity index (χ4n) is 1.50. The molecule has 4 heteroatoms. The molecular weight excluding hydrogens is 204 g/mol. The summed E-state index contributed by atoms with van der Waals surface area (Å²) in [4.78, 5) is 11.7. The highest BCUT2D eigenvalue weighted by Gasteiger charge is 2.14. The zero-order chi connectivity index (χ0) is 12.1. The van der Waals surface area contributed by atoms with Gasteiger partial charge in [0.25, 0.3) is 0 Å². The largest absolute Gasteiger partial charge is 0.478 e. The van der Waals surface area contributed by atoms with Gasteiger partial charge in [0.2, 0.25) is 0 Å². The molecule has 0 aliphatic rings. The molecule has 0 aliphatic carbocycles. The van der Waals surface area contributed by atoms with Gasteiger partial charge in [-0.15, -0.1) is 0 Å². The first kappa shape index (κ1) is 12.1. The van der Waals surface area contributed by atoms with E-state index in [9.17, 15) is 4.79 Å². The predicted molar refractivity (Wildman–Crippen MR) is 61.3 cm³/mol. The molecule has 0 fully saturated rings. The van der Waals surface area contributed by atoms with Crippen molar-refractivity contribution in [2.45, 2.75) is 20.3 Å². The van der Waals surface area contributed by atoms with Crippen LogP contribution in [0.15, 0.2) is 12.1 Å². The standard InChI is InChI=1S/C12H14N2O2/c1-3-11(15)10-7-9(14)6-8(2)12(10)16-5-4-13/h6-7H,3,5,14H2,1-2H3. The number of ether oxygens (including phenoxy) is 1. The van der Waals surface area contributed by atoms with Crippen molar-refractivity contribution in [2.24, 2.45) is 0 Å². The van der Waals surface area contributed by atoms with Crippen LogP contribution in [0, 0.1) is 18.3 Å². The van der Waals surface area contributed by atoms with Crippen LogP contribution in [0.5, 0.6) is 5.75 Å². The molecule has 0 atom stereocenters. The van der Waals surface area contributed by atoms with Gasteiger partial charge < -0.3 is 10.5 Å². The van der Waals surface area contributed by atoms with E-state index in [0.29, 0.717) is 23.4 Å². The summed E-state index contributed by atoms with van der Waals surface area (Å²) in [6, 6.07) is 5.19. The lowest BCUT2D eigenvalue weighted by molar-refractivity contribution is 0.0984. The highest BCUT2D eigenvalue weighted by molar-refractivity contribution is 5.99. The third-order valence-electron chi connectivity index (χ3n) is 2.20. The molecule has 0 heterocycles. The van der Waals surface area contributed by atoms with Gasteiger partial charge in [-0.2, -0.15) is 5.26 Å². The van der Waals surface area contributed by atoms with Crippen LogP contribution in [0.2, 0.25) is 0 Å². The van der Waals surface area contributed by atoms with Gasteiger partial charge in [0.05, 0.1) is 5.56 Å². The molecule has 2 N–H and O–H groups in total. The molecule has 0 saturated heterocycles. The highest BCUT2D eigenvalue weighted by Crippen LogP contribution is 2.27. The quantitative estimate of drug-likeness (QED) is 0.620. The van der Waals surface area contributed by atoms with Gasteiger partial charge in [-0.05, 0) is 24.6 Å². The lowest BCUT2D eigenvalue weighted by atomic mass is 10.0. The number of hydrogen-bond acceptors (Lipinski definition) is 4. The number of carbonyl (C=O) groups excluding carboxylic acids is 1. The first-order chi connectivity index (χ1) is 7.60. The Morgan fingerprint density at radius 3 is 2.81 bits per heavy atom. The van der Waals surface area contributed by atoms with Crippen molar-refractivity contribution in [3.8, 4) is 11.8 Å². The summed E-state index contributed by atoms with van der Waals surface area (Å²) in [5.74, 6) is 0.422. The lowest BCUT2D eigenvalue weighted by Gasteiger charge is -2.12. The summed E-state index contributed by atoms with van der Waals surface area (Å²) in [7, 11) is 0. The molecule has 4 nitrogen and oxygen atoms in total. The molecule has 0 radical (unpaired) electrons. The van der Waals surface area contributed by atoms with Gasteiger partial charge in [-0.3, -0.25) is 4.79 Å². The molecule has 0 bridgehead atoms. The van der Waals surface area contributed by atoms with Gasteiger partial charge in [-0.1, -0.05) is 6.92 Å². The summed E-state index contributed by atoms with van der Waals surface area (Å²) in [5, 5.41) is 8.48. The molecule has 0 spiro atoms. The number of anilines is 1. The molecule has 0 aliphatic heterocycles. The number of benzene rings is 1. The van der Waals surface area contributed by atoms with Crippen LogP contribution in [0.25, 0.3) is 0 Å². The molecule has 1 aromatic rings. The smallest absolute Gasteiger partial charge is 0.174 e. The zero-order valence-electron chi connectivity index (χ0n) is 9.41. The Balaban J connectivity index is 3.22. The summed E-state index contributed by atoms with van der Waals surface area (Å²) < 4.78 is 5.26. The Labute approximate surface area is 94.6 Å². The van der Waals surface area contributed by atoms with Crippen LogP contribution in [0.3, 0.4) is 0 Å². The Kier molecular flexibility index (Phi) is 3.90. The van der Waals surface area contributed by atoms with E-state index in [4.69, 9.17) is 15.7 Å². The zero-order valence-corrected chi connectivity index (χ0v) is 9.41. The molecule has 84 valence electrons. The van der Waals surface area contributed by atoms with E-state index in [1.165, 1.54) is 0 Å². The highest BCUT2D eigenvalue weighted by atomic mass is 16.5. The Morgan fingerprint density at radius 1 is 1.56 bits per heavy atom. The van der Waals surface area contributed by atoms with Gasteiger partial charge >= 0.3 is 0 Å². The summed E-state index contributed by atoms with van der Waals surface area (Å²) in [6.07, 6.45) is 0.381. The fourth-order valence-corrected chi connectivity index (χ4v) is 1.50. The van der Waals surface area contributed by atoms with Crippen LogP contribution in [-0.4, -0.2) is 12.4 Å². The van der Waals surface area contributed by atoms with Gasteiger partial charge in [0, 0.05) is 12.1 Å². The average Bonchev–Trinajstić information content (AvgIpc) is 2.26. The number of nitrogens with two attached hydrogens (primary N) is 1. The van der Waals surface area contributed by atoms with Crippen molar-refractivity contribution in [1.82, 2.24) is 0 Å². The minimum Gasteiger partial charge on any atom is -0.478 e. The minimum absolute atomic E-state index is 0.0386. The molecule has 1 rings (SSSR count). The van der Waals surface area contributed by atoms with E-state index in [1.807, 2.05) is 6.07 Å². The van der Waals surface area contributed by atoms with Gasteiger partial charge in [0.1, 0.15) is 11.8 Å². The molecule has 0 saturated carbocycles. The van der Waals surface area contributed by atoms with Gasteiger partial charge in [-0.25, -0.2) is 0 Å². The molecule has 16 heavy (non-hydrogen) atoms. The maximum absolute atomic E-state index is 11.7. The minimum atomic E-state index is -0.0747. The van der Waals surface area contributed by atoms with E-state index in [1.54, 1.807) is 26.0 Å². The molecule has 0 amide bonds. The number of ketones is 1.